The first-order chi connectivity index (χ1) is 9.72. The van der Waals surface area contributed by atoms with Crippen LogP contribution in [0, 0.1) is 5.92 Å². The predicted octanol–water partition coefficient (Wildman–Crippen LogP) is 3.84. The standard InChI is InChI=1S/C15H14ClNO3/c16-12-6-4-10(5-7-12)14-8-13(17-20-14)9-19-15(18)11-2-1-3-11/h4-8,11H,1-3,9H2. The Hall–Kier alpha value is -1.81. The molecule has 0 N–H and O–H groups in total. The summed E-state index contributed by atoms with van der Waals surface area (Å²) in [6.45, 7) is 0.159. The van der Waals surface area contributed by atoms with E-state index in [4.69, 9.17) is 20.9 Å². The molecule has 4 nitrogen and oxygen atoms in total. The van der Waals surface area contributed by atoms with Crippen LogP contribution >= 0.6 is 11.6 Å². The molecule has 3 rings (SSSR count). The second-order valence-corrected chi connectivity index (χ2v) is 5.36. The van der Waals surface area contributed by atoms with Crippen molar-refractivity contribution in [2.24, 2.45) is 5.92 Å². The van der Waals surface area contributed by atoms with Crippen molar-refractivity contribution < 1.29 is 14.1 Å². The van der Waals surface area contributed by atoms with E-state index in [1.165, 1.54) is 0 Å². The first kappa shape index (κ1) is 13.2. The molecule has 1 aliphatic rings. The van der Waals surface area contributed by atoms with Crippen molar-refractivity contribution in [1.29, 1.82) is 0 Å². The van der Waals surface area contributed by atoms with Gasteiger partial charge in [0.05, 0.1) is 5.92 Å². The fourth-order valence-electron chi connectivity index (χ4n) is 2.04. The minimum absolute atomic E-state index is 0.0811. The number of rotatable bonds is 4. The number of carbonyl (C=O) groups excluding carboxylic acids is 1. The van der Waals surface area contributed by atoms with Gasteiger partial charge in [-0.05, 0) is 37.1 Å². The fourth-order valence-corrected chi connectivity index (χ4v) is 2.16. The molecule has 0 bridgehead atoms. The SMILES string of the molecule is O=C(OCc1cc(-c2ccc(Cl)cc2)on1)C1CCC1. The van der Waals surface area contributed by atoms with Gasteiger partial charge in [-0.15, -0.1) is 0 Å². The molecule has 1 aromatic carbocycles. The summed E-state index contributed by atoms with van der Waals surface area (Å²) in [5.74, 6) is 0.585. The second kappa shape index (κ2) is 5.67. The fraction of sp³-hybridized carbons (Fsp3) is 0.333. The molecular formula is C15H14ClNO3. The predicted molar refractivity (Wildman–Crippen MR) is 74.1 cm³/mol. The van der Waals surface area contributed by atoms with Crippen molar-refractivity contribution in [2.45, 2.75) is 25.9 Å². The lowest BCUT2D eigenvalue weighted by molar-refractivity contribution is -0.152. The number of halogens is 1. The summed E-state index contributed by atoms with van der Waals surface area (Å²) in [4.78, 5) is 11.6. The number of hydrogen-bond acceptors (Lipinski definition) is 4. The van der Waals surface area contributed by atoms with Crippen LogP contribution in [0.4, 0.5) is 0 Å². The quantitative estimate of drug-likeness (QED) is 0.803. The lowest BCUT2D eigenvalue weighted by atomic mass is 9.86. The molecule has 0 amide bonds. The van der Waals surface area contributed by atoms with E-state index >= 15 is 0 Å². The van der Waals surface area contributed by atoms with Crippen LogP contribution in [0.5, 0.6) is 0 Å². The molecule has 1 aliphatic carbocycles. The molecular weight excluding hydrogens is 278 g/mol. The van der Waals surface area contributed by atoms with Crippen LogP contribution in [-0.4, -0.2) is 11.1 Å². The molecule has 0 unspecified atom stereocenters. The zero-order valence-electron chi connectivity index (χ0n) is 10.8. The van der Waals surface area contributed by atoms with Crippen LogP contribution in [0.25, 0.3) is 11.3 Å². The Kier molecular flexibility index (Phi) is 3.74. The number of esters is 1. The summed E-state index contributed by atoms with van der Waals surface area (Å²) in [5, 5.41) is 4.57. The summed E-state index contributed by atoms with van der Waals surface area (Å²) >= 11 is 5.83. The lowest BCUT2D eigenvalue weighted by Crippen LogP contribution is -2.23. The van der Waals surface area contributed by atoms with Gasteiger partial charge < -0.3 is 9.26 Å². The van der Waals surface area contributed by atoms with Gasteiger partial charge in [-0.2, -0.15) is 0 Å². The minimum atomic E-state index is -0.132. The van der Waals surface area contributed by atoms with Crippen molar-refractivity contribution in [3.05, 3.63) is 41.0 Å². The highest BCUT2D eigenvalue weighted by molar-refractivity contribution is 6.30. The summed E-state index contributed by atoms with van der Waals surface area (Å²) in [6, 6.07) is 9.06. The maximum atomic E-state index is 11.6. The van der Waals surface area contributed by atoms with Gasteiger partial charge in [0.25, 0.3) is 0 Å². The molecule has 1 fully saturated rings. The van der Waals surface area contributed by atoms with Crippen LogP contribution in [0.3, 0.4) is 0 Å². The number of hydrogen-bond donors (Lipinski definition) is 0. The highest BCUT2D eigenvalue weighted by Gasteiger charge is 2.26. The van der Waals surface area contributed by atoms with Crippen LogP contribution in [0.2, 0.25) is 5.02 Å². The Morgan fingerprint density at radius 2 is 2.10 bits per heavy atom. The topological polar surface area (TPSA) is 52.3 Å². The van der Waals surface area contributed by atoms with Gasteiger partial charge >= 0.3 is 5.97 Å². The number of benzene rings is 1. The maximum absolute atomic E-state index is 11.6. The van der Waals surface area contributed by atoms with Crippen LogP contribution in [0.1, 0.15) is 25.0 Å². The normalized spacial score (nSPS) is 14.8. The molecule has 0 radical (unpaired) electrons. The van der Waals surface area contributed by atoms with E-state index in [0.29, 0.717) is 16.5 Å². The van der Waals surface area contributed by atoms with E-state index in [0.717, 1.165) is 24.8 Å². The summed E-state index contributed by atoms with van der Waals surface area (Å²) in [5.41, 5.74) is 1.50. The summed E-state index contributed by atoms with van der Waals surface area (Å²) in [7, 11) is 0. The third kappa shape index (κ3) is 2.85. The van der Waals surface area contributed by atoms with Crippen molar-refractivity contribution >= 4 is 17.6 Å². The average Bonchev–Trinajstić information content (AvgIpc) is 2.84. The maximum Gasteiger partial charge on any atom is 0.309 e. The Morgan fingerprint density at radius 1 is 1.35 bits per heavy atom. The smallest absolute Gasteiger partial charge is 0.309 e. The molecule has 2 aromatic rings. The molecule has 1 aromatic heterocycles. The molecule has 5 heteroatoms. The van der Waals surface area contributed by atoms with Crippen molar-refractivity contribution in [3.8, 4) is 11.3 Å². The van der Waals surface area contributed by atoms with Gasteiger partial charge in [0.15, 0.2) is 5.76 Å². The summed E-state index contributed by atoms with van der Waals surface area (Å²) in [6.07, 6.45) is 2.99. The first-order valence-electron chi connectivity index (χ1n) is 6.60. The third-order valence-corrected chi connectivity index (χ3v) is 3.74. The van der Waals surface area contributed by atoms with E-state index in [1.807, 2.05) is 12.1 Å². The Bertz CT molecular complexity index is 602. The van der Waals surface area contributed by atoms with Gasteiger partial charge in [0, 0.05) is 16.7 Å². The second-order valence-electron chi connectivity index (χ2n) is 4.92. The molecule has 1 heterocycles. The van der Waals surface area contributed by atoms with Crippen molar-refractivity contribution in [2.75, 3.05) is 0 Å². The number of nitrogens with zero attached hydrogens (tertiary/aromatic N) is 1. The van der Waals surface area contributed by atoms with E-state index in [2.05, 4.69) is 5.16 Å². The van der Waals surface area contributed by atoms with Gasteiger partial charge in [0.1, 0.15) is 12.3 Å². The van der Waals surface area contributed by atoms with Gasteiger partial charge in [-0.1, -0.05) is 23.2 Å². The highest BCUT2D eigenvalue weighted by atomic mass is 35.5. The van der Waals surface area contributed by atoms with E-state index in [1.54, 1.807) is 18.2 Å². The van der Waals surface area contributed by atoms with E-state index in [-0.39, 0.29) is 18.5 Å². The molecule has 0 atom stereocenters. The highest BCUT2D eigenvalue weighted by Crippen LogP contribution is 2.28. The molecule has 0 saturated heterocycles. The lowest BCUT2D eigenvalue weighted by Gasteiger charge is -2.22. The molecule has 1 saturated carbocycles. The monoisotopic (exact) mass is 291 g/mol. The Morgan fingerprint density at radius 3 is 2.75 bits per heavy atom. The molecule has 20 heavy (non-hydrogen) atoms. The number of aromatic nitrogens is 1. The molecule has 0 spiro atoms. The number of ether oxygens (including phenoxy) is 1. The Labute approximate surface area is 121 Å². The van der Waals surface area contributed by atoms with Crippen LogP contribution in [-0.2, 0) is 16.1 Å². The zero-order valence-corrected chi connectivity index (χ0v) is 11.6. The minimum Gasteiger partial charge on any atom is -0.459 e. The van der Waals surface area contributed by atoms with Gasteiger partial charge in [-0.3, -0.25) is 4.79 Å². The van der Waals surface area contributed by atoms with Gasteiger partial charge in [-0.25, -0.2) is 0 Å². The van der Waals surface area contributed by atoms with Gasteiger partial charge in [0.2, 0.25) is 0 Å². The van der Waals surface area contributed by atoms with Crippen LogP contribution in [0.15, 0.2) is 34.9 Å². The van der Waals surface area contributed by atoms with Crippen molar-refractivity contribution in [1.82, 2.24) is 5.16 Å². The largest absolute Gasteiger partial charge is 0.459 e. The zero-order chi connectivity index (χ0) is 13.9. The molecule has 0 aliphatic heterocycles. The third-order valence-electron chi connectivity index (χ3n) is 3.49. The van der Waals surface area contributed by atoms with E-state index < -0.39 is 0 Å². The van der Waals surface area contributed by atoms with Crippen molar-refractivity contribution in [3.63, 3.8) is 0 Å². The van der Waals surface area contributed by atoms with E-state index in [9.17, 15) is 4.79 Å². The average molecular weight is 292 g/mol. The summed E-state index contributed by atoms with van der Waals surface area (Å²) < 4.78 is 10.5. The molecule has 104 valence electrons. The van der Waals surface area contributed by atoms with Crippen LogP contribution < -0.4 is 0 Å². The number of carbonyl (C=O) groups is 1. The first-order valence-corrected chi connectivity index (χ1v) is 6.98. The Balaban J connectivity index is 1.61.